The van der Waals surface area contributed by atoms with Crippen molar-refractivity contribution in [3.8, 4) is 5.69 Å². The molecule has 0 saturated carbocycles. The van der Waals surface area contributed by atoms with E-state index in [1.807, 2.05) is 0 Å². The van der Waals surface area contributed by atoms with Gasteiger partial charge >= 0.3 is 6.85 Å². The van der Waals surface area contributed by atoms with Gasteiger partial charge in [-0.15, -0.1) is 0 Å². The molecule has 267 valence electrons. The van der Waals surface area contributed by atoms with Gasteiger partial charge < -0.3 is 9.38 Å². The summed E-state index contributed by atoms with van der Waals surface area (Å²) in [5.41, 5.74) is 15.2. The lowest BCUT2D eigenvalue weighted by molar-refractivity contribution is 0.568. The lowest BCUT2D eigenvalue weighted by atomic mass is 9.46. The molecule has 0 aliphatic carbocycles. The number of aromatic nitrogens is 1. The Balaban J connectivity index is 1.61. The van der Waals surface area contributed by atoms with E-state index in [-0.39, 0.29) is 28.5 Å². The minimum atomic E-state index is -2.28. The van der Waals surface area contributed by atoms with E-state index < -0.39 is 8.07 Å². The molecule has 0 fully saturated rings. The van der Waals surface area contributed by atoms with Gasteiger partial charge in [0.15, 0.2) is 0 Å². The van der Waals surface area contributed by atoms with E-state index in [1.54, 1.807) is 10.4 Å². The number of benzene rings is 5. The molecule has 0 saturated heterocycles. The number of rotatable bonds is 1. The SMILES string of the molecule is CC(C)(C)c1cc(C(C)(C)C)c2c(c1)[Si-](C)(C)c1cc(C(C)(C)C)cc(C(C)(C)C)c1N2B1c2ccccc2-n2c3ccccc3c3cccc1c32. The van der Waals surface area contributed by atoms with Crippen LogP contribution in [0, 0.1) is 0 Å². The summed E-state index contributed by atoms with van der Waals surface area (Å²) in [6, 6.07) is 35.7. The highest BCUT2D eigenvalue weighted by Gasteiger charge is 2.45. The van der Waals surface area contributed by atoms with Crippen LogP contribution >= 0.6 is 0 Å². The zero-order valence-electron chi connectivity index (χ0n) is 34.1. The second-order valence-electron chi connectivity index (χ2n) is 20.4. The summed E-state index contributed by atoms with van der Waals surface area (Å²) in [6.07, 6.45) is 0. The van der Waals surface area contributed by atoms with E-state index in [0.29, 0.717) is 0 Å². The molecule has 6 aromatic rings. The zero-order valence-corrected chi connectivity index (χ0v) is 35.1. The average molecular weight is 701 g/mol. The molecule has 0 atom stereocenters. The molecule has 2 aliphatic rings. The van der Waals surface area contributed by atoms with Crippen molar-refractivity contribution in [1.29, 1.82) is 0 Å². The summed E-state index contributed by atoms with van der Waals surface area (Å²) < 4.78 is 2.55. The maximum Gasteiger partial charge on any atom is 0.332 e. The van der Waals surface area contributed by atoms with E-state index in [4.69, 9.17) is 0 Å². The normalized spacial score (nSPS) is 15.6. The van der Waals surface area contributed by atoms with Gasteiger partial charge in [-0.3, -0.25) is 0 Å². The molecular formula is C48H57BN2Si-. The number of para-hydroxylation sites is 3. The molecule has 0 unspecified atom stereocenters. The van der Waals surface area contributed by atoms with Crippen molar-refractivity contribution in [2.24, 2.45) is 0 Å². The summed E-state index contributed by atoms with van der Waals surface area (Å²) in [5.74, 6) is 0. The van der Waals surface area contributed by atoms with Gasteiger partial charge in [-0.05, 0) is 67.0 Å². The molecule has 5 aromatic carbocycles. The molecule has 0 bridgehead atoms. The highest BCUT2D eigenvalue weighted by atomic mass is 28.3. The fourth-order valence-corrected chi connectivity index (χ4v) is 12.2. The van der Waals surface area contributed by atoms with E-state index in [1.165, 1.54) is 72.0 Å². The molecule has 3 heterocycles. The maximum atomic E-state index is 2.87. The molecule has 0 radical (unpaired) electrons. The Labute approximate surface area is 314 Å². The minimum absolute atomic E-state index is 0.0116. The van der Waals surface area contributed by atoms with Gasteiger partial charge in [0.2, 0.25) is 0 Å². The molecule has 0 spiro atoms. The van der Waals surface area contributed by atoms with Crippen molar-refractivity contribution < 1.29 is 0 Å². The Kier molecular flexibility index (Phi) is 7.42. The topological polar surface area (TPSA) is 8.17 Å². The Hall–Kier alpha value is -4.02. The first kappa shape index (κ1) is 35.0. The first-order chi connectivity index (χ1) is 24.1. The Bertz CT molecular complexity index is 2350. The summed E-state index contributed by atoms with van der Waals surface area (Å²) in [4.78, 5) is 2.87. The van der Waals surface area contributed by atoms with Crippen LogP contribution in [-0.4, -0.2) is 19.5 Å². The first-order valence-electron chi connectivity index (χ1n) is 19.4. The molecule has 4 heteroatoms. The van der Waals surface area contributed by atoms with Crippen LogP contribution in [0.2, 0.25) is 13.1 Å². The van der Waals surface area contributed by atoms with Crippen LogP contribution in [0.1, 0.15) is 105 Å². The number of hydrogen-bond acceptors (Lipinski definition) is 1. The highest BCUT2D eigenvalue weighted by molar-refractivity contribution is 7.04. The Morgan fingerprint density at radius 2 is 0.981 bits per heavy atom. The van der Waals surface area contributed by atoms with Gasteiger partial charge in [-0.1, -0.05) is 170 Å². The third-order valence-corrected chi connectivity index (χ3v) is 15.6. The van der Waals surface area contributed by atoms with Crippen molar-refractivity contribution in [3.05, 3.63) is 113 Å². The van der Waals surface area contributed by atoms with Crippen LogP contribution in [0.5, 0.6) is 0 Å². The minimum Gasteiger partial charge on any atom is -0.381 e. The van der Waals surface area contributed by atoms with Crippen molar-refractivity contribution >= 4 is 69.4 Å². The van der Waals surface area contributed by atoms with Gasteiger partial charge in [-0.25, -0.2) is 0 Å². The maximum absolute atomic E-state index is 2.87. The van der Waals surface area contributed by atoms with Crippen molar-refractivity contribution in [3.63, 3.8) is 0 Å². The summed E-state index contributed by atoms with van der Waals surface area (Å²) in [7, 11) is -2.28. The van der Waals surface area contributed by atoms with Gasteiger partial charge in [-0.2, -0.15) is 23.5 Å². The molecule has 52 heavy (non-hydrogen) atoms. The monoisotopic (exact) mass is 700 g/mol. The van der Waals surface area contributed by atoms with Crippen molar-refractivity contribution in [2.45, 2.75) is 118 Å². The molecule has 0 N–H and O–H groups in total. The number of hydrogen-bond donors (Lipinski definition) is 0. The van der Waals surface area contributed by atoms with E-state index >= 15 is 0 Å². The molecular weight excluding hydrogens is 643 g/mol. The largest absolute Gasteiger partial charge is 0.381 e. The predicted molar refractivity (Wildman–Crippen MR) is 232 cm³/mol. The molecule has 0 amide bonds. The van der Waals surface area contributed by atoms with E-state index in [0.717, 1.165) is 0 Å². The second kappa shape index (κ2) is 11.0. The molecule has 2 nitrogen and oxygen atoms in total. The first-order valence-corrected chi connectivity index (χ1v) is 22.4. The molecule has 8 rings (SSSR count). The third-order valence-electron chi connectivity index (χ3n) is 12.1. The van der Waals surface area contributed by atoms with Crippen LogP contribution in [0.4, 0.5) is 11.4 Å². The summed E-state index contributed by atoms with van der Waals surface area (Å²) in [5, 5.41) is 5.79. The van der Waals surface area contributed by atoms with Crippen molar-refractivity contribution in [1.82, 2.24) is 4.57 Å². The van der Waals surface area contributed by atoms with Gasteiger partial charge in [0.25, 0.3) is 0 Å². The Morgan fingerprint density at radius 1 is 0.500 bits per heavy atom. The average Bonchev–Trinajstić information content (AvgIpc) is 3.39. The number of anilines is 2. The predicted octanol–water partition coefficient (Wildman–Crippen LogP) is 10.4. The molecule has 2 aliphatic heterocycles. The van der Waals surface area contributed by atoms with Crippen LogP contribution in [0.25, 0.3) is 27.5 Å². The molecule has 1 aromatic heterocycles. The van der Waals surface area contributed by atoms with Crippen LogP contribution in [0.3, 0.4) is 0 Å². The fourth-order valence-electron chi connectivity index (χ4n) is 9.15. The van der Waals surface area contributed by atoms with E-state index in [9.17, 15) is 0 Å². The number of nitrogens with zero attached hydrogens (tertiary/aromatic N) is 2. The summed E-state index contributed by atoms with van der Waals surface area (Å²) in [6.45, 7) is 34.1. The van der Waals surface area contributed by atoms with E-state index in [2.05, 4.69) is 197 Å². The number of fused-ring (bicyclic) bond motifs is 7. The summed E-state index contributed by atoms with van der Waals surface area (Å²) >= 11 is 0. The standard InChI is InChI=1S/C48H57BN2Si/c1-45(2,3)30-26-34(47(7,8)9)43-40(28-30)52(13,14)41-29-31(46(4,5)6)27-35(48(10,11)12)44(41)51(43)49-36-22-16-18-25-39(36)50-38-24-17-15-20-32(38)33-21-19-23-37(49)42(33)50/h15-29H,1-14H3/q-1. The van der Waals surface area contributed by atoms with Gasteiger partial charge in [0.1, 0.15) is 0 Å². The van der Waals surface area contributed by atoms with Gasteiger partial charge in [0, 0.05) is 27.8 Å². The lowest BCUT2D eigenvalue weighted by Gasteiger charge is -2.55. The van der Waals surface area contributed by atoms with Crippen molar-refractivity contribution in [2.75, 3.05) is 4.81 Å². The second-order valence-corrected chi connectivity index (χ2v) is 24.7. The van der Waals surface area contributed by atoms with Crippen LogP contribution in [-0.2, 0) is 21.7 Å². The highest BCUT2D eigenvalue weighted by Crippen LogP contribution is 2.47. The third kappa shape index (κ3) is 5.03. The smallest absolute Gasteiger partial charge is 0.332 e. The zero-order chi connectivity index (χ0) is 37.5. The van der Waals surface area contributed by atoms with Crippen LogP contribution < -0.4 is 26.1 Å². The Morgan fingerprint density at radius 3 is 1.52 bits per heavy atom. The van der Waals surface area contributed by atoms with Gasteiger partial charge in [0.05, 0.1) is 11.0 Å². The lowest BCUT2D eigenvalue weighted by Crippen LogP contribution is -2.67. The van der Waals surface area contributed by atoms with Crippen LogP contribution in [0.15, 0.2) is 91.0 Å². The fraction of sp³-hybridized carbons (Fsp3) is 0.375. The quantitative estimate of drug-likeness (QED) is 0.155.